The van der Waals surface area contributed by atoms with Gasteiger partial charge in [-0.3, -0.25) is 10.1 Å². The molecule has 1 unspecified atom stereocenters. The first-order valence-corrected chi connectivity index (χ1v) is 6.63. The van der Waals surface area contributed by atoms with E-state index in [1.54, 1.807) is 11.7 Å². The Morgan fingerprint density at radius 1 is 1.58 bits per heavy atom. The first-order valence-electron chi connectivity index (χ1n) is 6.63. The third-order valence-electron chi connectivity index (χ3n) is 3.54. The molecule has 3 N–H and O–H groups in total. The van der Waals surface area contributed by atoms with Gasteiger partial charge < -0.3 is 11.1 Å². The van der Waals surface area contributed by atoms with E-state index in [1.165, 1.54) is 0 Å². The van der Waals surface area contributed by atoms with Crippen LogP contribution in [0.5, 0.6) is 0 Å². The molecule has 1 aliphatic carbocycles. The number of nitro groups is 1. The minimum Gasteiger partial charge on any atom is -0.360 e. The Balaban J connectivity index is 2.35. The zero-order valence-electron chi connectivity index (χ0n) is 11.6. The quantitative estimate of drug-likeness (QED) is 0.602. The van der Waals surface area contributed by atoms with Crippen molar-refractivity contribution in [2.24, 2.45) is 18.7 Å². The molecule has 0 aliphatic heterocycles. The van der Waals surface area contributed by atoms with Crippen LogP contribution in [0.1, 0.15) is 38.3 Å². The average molecular weight is 267 g/mol. The molecule has 0 radical (unpaired) electrons. The third kappa shape index (κ3) is 2.70. The van der Waals surface area contributed by atoms with Crippen LogP contribution in [0.4, 0.5) is 11.5 Å². The highest BCUT2D eigenvalue weighted by Gasteiger charge is 2.34. The van der Waals surface area contributed by atoms with E-state index >= 15 is 0 Å². The highest BCUT2D eigenvalue weighted by atomic mass is 16.6. The Kier molecular flexibility index (Phi) is 3.75. The smallest absolute Gasteiger partial charge is 0.334 e. The molecule has 2 rings (SSSR count). The highest BCUT2D eigenvalue weighted by Crippen LogP contribution is 2.37. The molecule has 1 heterocycles. The van der Waals surface area contributed by atoms with E-state index in [4.69, 9.17) is 5.73 Å². The Hall–Kier alpha value is -1.63. The van der Waals surface area contributed by atoms with E-state index < -0.39 is 0 Å². The molecule has 106 valence electrons. The van der Waals surface area contributed by atoms with Crippen LogP contribution in [0, 0.1) is 16.0 Å². The number of nitrogens with one attached hydrogen (secondary N) is 1. The number of nitrogens with two attached hydrogens (primary N) is 1. The fraction of sp³-hybridized carbons (Fsp3) is 0.750. The molecule has 1 aliphatic rings. The lowest BCUT2D eigenvalue weighted by Gasteiger charge is -2.16. The Morgan fingerprint density at radius 3 is 2.63 bits per heavy atom. The van der Waals surface area contributed by atoms with Gasteiger partial charge in [0.2, 0.25) is 5.82 Å². The molecule has 19 heavy (non-hydrogen) atoms. The van der Waals surface area contributed by atoms with Crippen LogP contribution in [0.3, 0.4) is 0 Å². The number of hydrogen-bond acceptors (Lipinski definition) is 5. The monoisotopic (exact) mass is 267 g/mol. The summed E-state index contributed by atoms with van der Waals surface area (Å²) in [6.07, 6.45) is 2.27. The zero-order valence-corrected chi connectivity index (χ0v) is 11.6. The molecule has 1 aromatic heterocycles. The van der Waals surface area contributed by atoms with Gasteiger partial charge >= 0.3 is 5.69 Å². The molecular weight excluding hydrogens is 246 g/mol. The van der Waals surface area contributed by atoms with E-state index in [0.29, 0.717) is 24.0 Å². The van der Waals surface area contributed by atoms with Gasteiger partial charge in [-0.15, -0.1) is 0 Å². The van der Waals surface area contributed by atoms with Crippen molar-refractivity contribution in [1.29, 1.82) is 0 Å². The van der Waals surface area contributed by atoms with Gasteiger partial charge in [-0.1, -0.05) is 13.8 Å². The van der Waals surface area contributed by atoms with Crippen molar-refractivity contribution in [3.05, 3.63) is 15.8 Å². The summed E-state index contributed by atoms with van der Waals surface area (Å²) in [4.78, 5) is 10.9. The van der Waals surface area contributed by atoms with Crippen molar-refractivity contribution in [3.63, 3.8) is 0 Å². The van der Waals surface area contributed by atoms with Gasteiger partial charge in [-0.25, -0.2) is 4.68 Å². The average Bonchev–Trinajstić information content (AvgIpc) is 3.11. The van der Waals surface area contributed by atoms with E-state index in [9.17, 15) is 10.1 Å². The summed E-state index contributed by atoms with van der Waals surface area (Å²) in [7, 11) is 1.72. The molecular formula is C12H21N5O2. The molecule has 0 spiro atoms. The van der Waals surface area contributed by atoms with Crippen LogP contribution in [-0.2, 0) is 7.05 Å². The number of hydrogen-bond donors (Lipinski definition) is 2. The van der Waals surface area contributed by atoms with Gasteiger partial charge in [-0.2, -0.15) is 5.10 Å². The summed E-state index contributed by atoms with van der Waals surface area (Å²) < 4.78 is 1.55. The summed E-state index contributed by atoms with van der Waals surface area (Å²) in [5, 5.41) is 18.8. The second-order valence-electron chi connectivity index (χ2n) is 5.44. The molecule has 0 amide bonds. The van der Waals surface area contributed by atoms with Crippen molar-refractivity contribution < 1.29 is 4.92 Å². The normalized spacial score (nSPS) is 16.7. The second kappa shape index (κ2) is 5.16. The van der Waals surface area contributed by atoms with Crippen LogP contribution in [0.25, 0.3) is 0 Å². The van der Waals surface area contributed by atoms with Crippen LogP contribution in [0.2, 0.25) is 0 Å². The molecule has 1 fully saturated rings. The van der Waals surface area contributed by atoms with Crippen molar-refractivity contribution in [1.82, 2.24) is 9.78 Å². The van der Waals surface area contributed by atoms with Gasteiger partial charge in [0.15, 0.2) is 0 Å². The standard InChI is InChI=1S/C12H21N5O2/c1-7(2)10-11(17(18)19)12(16(3)15-10)14-9(6-13)8-4-5-8/h7-9,14H,4-6,13H2,1-3H3. The van der Waals surface area contributed by atoms with Crippen molar-refractivity contribution >= 4 is 11.5 Å². The highest BCUT2D eigenvalue weighted by molar-refractivity contribution is 5.61. The van der Waals surface area contributed by atoms with Crippen LogP contribution >= 0.6 is 0 Å². The molecule has 1 saturated carbocycles. The maximum Gasteiger partial charge on any atom is 0.334 e. The molecule has 7 nitrogen and oxygen atoms in total. The Bertz CT molecular complexity index is 479. The summed E-state index contributed by atoms with van der Waals surface area (Å²) >= 11 is 0. The summed E-state index contributed by atoms with van der Waals surface area (Å²) in [6, 6.07) is 0.0918. The summed E-state index contributed by atoms with van der Waals surface area (Å²) in [5.41, 5.74) is 6.34. The molecule has 0 bridgehead atoms. The van der Waals surface area contributed by atoms with E-state index in [0.717, 1.165) is 12.8 Å². The van der Waals surface area contributed by atoms with Crippen molar-refractivity contribution in [3.8, 4) is 0 Å². The van der Waals surface area contributed by atoms with Gasteiger partial charge in [0.25, 0.3) is 0 Å². The summed E-state index contributed by atoms with van der Waals surface area (Å²) in [6.45, 7) is 4.28. The largest absolute Gasteiger partial charge is 0.360 e. The fourth-order valence-corrected chi connectivity index (χ4v) is 2.31. The van der Waals surface area contributed by atoms with Crippen molar-refractivity contribution in [2.45, 2.75) is 38.6 Å². The molecule has 1 atom stereocenters. The lowest BCUT2D eigenvalue weighted by molar-refractivity contribution is -0.384. The number of anilines is 1. The van der Waals surface area contributed by atoms with Crippen LogP contribution < -0.4 is 11.1 Å². The maximum absolute atomic E-state index is 11.3. The van der Waals surface area contributed by atoms with Crippen LogP contribution in [0.15, 0.2) is 0 Å². The molecule has 7 heteroatoms. The van der Waals surface area contributed by atoms with Crippen molar-refractivity contribution in [2.75, 3.05) is 11.9 Å². The lowest BCUT2D eigenvalue weighted by atomic mass is 10.1. The van der Waals surface area contributed by atoms with E-state index in [2.05, 4.69) is 10.4 Å². The number of rotatable bonds is 6. The number of nitrogens with zero attached hydrogens (tertiary/aromatic N) is 3. The minimum atomic E-state index is -0.356. The second-order valence-corrected chi connectivity index (χ2v) is 5.44. The van der Waals surface area contributed by atoms with Gasteiger partial charge in [0.1, 0.15) is 5.69 Å². The van der Waals surface area contributed by atoms with Gasteiger partial charge in [-0.05, 0) is 18.8 Å². The number of aromatic nitrogens is 2. The zero-order chi connectivity index (χ0) is 14.2. The van der Waals surface area contributed by atoms with Gasteiger partial charge in [0.05, 0.1) is 4.92 Å². The predicted molar refractivity (Wildman–Crippen MR) is 73.1 cm³/mol. The SMILES string of the molecule is CC(C)c1nn(C)c(NC(CN)C2CC2)c1[N+](=O)[O-]. The Labute approximate surface area is 112 Å². The van der Waals surface area contributed by atoms with Gasteiger partial charge in [0, 0.05) is 25.6 Å². The predicted octanol–water partition coefficient (Wildman–Crippen LogP) is 1.60. The molecule has 1 aromatic rings. The molecule has 0 saturated heterocycles. The lowest BCUT2D eigenvalue weighted by Crippen LogP contribution is -2.31. The number of aryl methyl sites for hydroxylation is 1. The topological polar surface area (TPSA) is 99.0 Å². The van der Waals surface area contributed by atoms with E-state index in [-0.39, 0.29) is 22.6 Å². The minimum absolute atomic E-state index is 0.0133. The fourth-order valence-electron chi connectivity index (χ4n) is 2.31. The van der Waals surface area contributed by atoms with E-state index in [1.807, 2.05) is 13.8 Å². The summed E-state index contributed by atoms with van der Waals surface area (Å²) in [5.74, 6) is 1.01. The Morgan fingerprint density at radius 2 is 2.21 bits per heavy atom. The molecule has 0 aromatic carbocycles. The first-order chi connectivity index (χ1) is 8.95. The maximum atomic E-state index is 11.3. The third-order valence-corrected chi connectivity index (χ3v) is 3.54. The first kappa shape index (κ1) is 13.8. The van der Waals surface area contributed by atoms with Crippen LogP contribution in [-0.4, -0.2) is 27.3 Å².